The predicted octanol–water partition coefficient (Wildman–Crippen LogP) is 1.85. The number of carbonyl (C=O) groups is 5. The standard InChI is InChI=1S/C41H54N6O7/c1-27(2)37(41(53)45-34(26-48)40(52)43-28(3)39(51)44-33(38(42)50)25-30-14-8-5-9-15-30)46-36(49)20-23-47-21-18-32(19-22-47)54-35-17-11-10-16-31(35)24-29-12-6-4-7-13-29/h4-17,27-28,32-34,37,48H,18-26H2,1-3H3,(H2,42,50)(H,43,52)(H,44,51)(H,45,53)(H,46,49)/t28-,33+,34-,37-/m0/s1. The van der Waals surface area contributed by atoms with Crippen LogP contribution in [0.5, 0.6) is 5.75 Å². The summed E-state index contributed by atoms with van der Waals surface area (Å²) in [4.78, 5) is 66.3. The number of amides is 5. The van der Waals surface area contributed by atoms with Crippen molar-refractivity contribution in [1.82, 2.24) is 26.2 Å². The number of nitrogens with two attached hydrogens (primary N) is 1. The largest absolute Gasteiger partial charge is 0.490 e. The number of hydrogen-bond acceptors (Lipinski definition) is 8. The lowest BCUT2D eigenvalue weighted by molar-refractivity contribution is -0.135. The third-order valence-electron chi connectivity index (χ3n) is 9.47. The zero-order chi connectivity index (χ0) is 39.0. The third kappa shape index (κ3) is 13.0. The van der Waals surface area contributed by atoms with Crippen LogP contribution in [0.3, 0.4) is 0 Å². The number of nitrogens with zero attached hydrogens (tertiary/aromatic N) is 1. The van der Waals surface area contributed by atoms with Gasteiger partial charge in [0, 0.05) is 38.9 Å². The van der Waals surface area contributed by atoms with E-state index in [1.54, 1.807) is 38.1 Å². The van der Waals surface area contributed by atoms with Crippen molar-refractivity contribution < 1.29 is 33.8 Å². The van der Waals surface area contributed by atoms with E-state index in [4.69, 9.17) is 10.5 Å². The van der Waals surface area contributed by atoms with Gasteiger partial charge in [-0.15, -0.1) is 0 Å². The second kappa shape index (κ2) is 20.8. The first-order valence-corrected chi connectivity index (χ1v) is 18.6. The van der Waals surface area contributed by atoms with Gasteiger partial charge in [0.1, 0.15) is 36.0 Å². The molecule has 0 bridgehead atoms. The molecule has 3 aromatic rings. The first-order chi connectivity index (χ1) is 25.9. The second-order valence-corrected chi connectivity index (χ2v) is 14.1. The van der Waals surface area contributed by atoms with Crippen molar-refractivity contribution in [2.24, 2.45) is 11.7 Å². The zero-order valence-electron chi connectivity index (χ0n) is 31.3. The maximum Gasteiger partial charge on any atom is 0.245 e. The highest BCUT2D eigenvalue weighted by atomic mass is 16.5. The van der Waals surface area contributed by atoms with Gasteiger partial charge in [-0.25, -0.2) is 0 Å². The van der Waals surface area contributed by atoms with Crippen LogP contribution in [0, 0.1) is 5.92 Å². The summed E-state index contributed by atoms with van der Waals surface area (Å²) in [5, 5.41) is 20.2. The Bertz CT molecular complexity index is 1680. The summed E-state index contributed by atoms with van der Waals surface area (Å²) in [5.41, 5.74) is 8.65. The van der Waals surface area contributed by atoms with E-state index >= 15 is 0 Å². The first kappa shape index (κ1) is 41.5. The molecule has 1 heterocycles. The Morgan fingerprint density at radius 2 is 1.35 bits per heavy atom. The molecule has 7 N–H and O–H groups in total. The van der Waals surface area contributed by atoms with Crippen LogP contribution < -0.4 is 31.7 Å². The second-order valence-electron chi connectivity index (χ2n) is 14.1. The lowest BCUT2D eigenvalue weighted by Crippen LogP contribution is -2.59. The molecule has 54 heavy (non-hydrogen) atoms. The summed E-state index contributed by atoms with van der Waals surface area (Å²) in [6.07, 6.45) is 2.85. The lowest BCUT2D eigenvalue weighted by atomic mass is 10.0. The Balaban J connectivity index is 1.20. The van der Waals surface area contributed by atoms with Crippen molar-refractivity contribution in [2.75, 3.05) is 26.2 Å². The van der Waals surface area contributed by atoms with Gasteiger partial charge >= 0.3 is 0 Å². The van der Waals surface area contributed by atoms with E-state index in [-0.39, 0.29) is 30.8 Å². The maximum absolute atomic E-state index is 13.3. The molecule has 3 aromatic carbocycles. The molecule has 0 unspecified atom stereocenters. The maximum atomic E-state index is 13.3. The van der Waals surface area contributed by atoms with E-state index in [0.29, 0.717) is 6.54 Å². The molecule has 1 aliphatic rings. The van der Waals surface area contributed by atoms with E-state index in [1.165, 1.54) is 12.5 Å². The quantitative estimate of drug-likeness (QED) is 0.107. The number of carbonyl (C=O) groups excluding carboxylic acids is 5. The Morgan fingerprint density at radius 1 is 0.759 bits per heavy atom. The minimum absolute atomic E-state index is 0.0711. The predicted molar refractivity (Wildman–Crippen MR) is 205 cm³/mol. The van der Waals surface area contributed by atoms with E-state index < -0.39 is 54.4 Å². The fourth-order valence-corrected chi connectivity index (χ4v) is 6.26. The highest BCUT2D eigenvalue weighted by Crippen LogP contribution is 2.25. The summed E-state index contributed by atoms with van der Waals surface area (Å²) in [6.45, 7) is 6.24. The van der Waals surface area contributed by atoms with Crippen molar-refractivity contribution in [2.45, 2.75) is 83.1 Å². The summed E-state index contributed by atoms with van der Waals surface area (Å²) >= 11 is 0. The van der Waals surface area contributed by atoms with Crippen LogP contribution in [0.25, 0.3) is 0 Å². The summed E-state index contributed by atoms with van der Waals surface area (Å²) < 4.78 is 6.44. The average molecular weight is 743 g/mol. The van der Waals surface area contributed by atoms with Crippen LogP contribution in [0.2, 0.25) is 0 Å². The fourth-order valence-electron chi connectivity index (χ4n) is 6.26. The van der Waals surface area contributed by atoms with Crippen LogP contribution in [-0.4, -0.2) is 96.1 Å². The highest BCUT2D eigenvalue weighted by Gasteiger charge is 2.31. The average Bonchev–Trinajstić information content (AvgIpc) is 3.16. The molecule has 13 nitrogen and oxygen atoms in total. The molecule has 1 aliphatic heterocycles. The molecule has 4 rings (SSSR count). The van der Waals surface area contributed by atoms with Crippen molar-refractivity contribution in [3.05, 3.63) is 102 Å². The molecule has 0 spiro atoms. The summed E-state index contributed by atoms with van der Waals surface area (Å²) in [5.74, 6) is -2.61. The van der Waals surface area contributed by atoms with Gasteiger partial charge in [0.2, 0.25) is 29.5 Å². The number of ether oxygens (including phenoxy) is 1. The van der Waals surface area contributed by atoms with Gasteiger partial charge in [-0.2, -0.15) is 0 Å². The minimum atomic E-state index is -1.39. The molecule has 1 saturated heterocycles. The van der Waals surface area contributed by atoms with Crippen LogP contribution in [-0.2, 0) is 36.8 Å². The Morgan fingerprint density at radius 3 is 1.96 bits per heavy atom. The molecule has 4 atom stereocenters. The van der Waals surface area contributed by atoms with Gasteiger partial charge in [0.25, 0.3) is 0 Å². The highest BCUT2D eigenvalue weighted by molar-refractivity contribution is 5.95. The summed E-state index contributed by atoms with van der Waals surface area (Å²) in [6, 6.07) is 22.9. The van der Waals surface area contributed by atoms with Crippen LogP contribution in [0.1, 0.15) is 56.7 Å². The molecule has 0 aliphatic carbocycles. The number of primary amides is 1. The number of nitrogens with one attached hydrogen (secondary N) is 4. The van der Waals surface area contributed by atoms with Gasteiger partial charge in [0.05, 0.1) is 6.61 Å². The van der Waals surface area contributed by atoms with Gasteiger partial charge in [-0.1, -0.05) is 92.7 Å². The number of para-hydroxylation sites is 1. The normalized spacial score (nSPS) is 15.6. The SMILES string of the molecule is CC(C)[C@H](NC(=O)CCN1CCC(Oc2ccccc2Cc2ccccc2)CC1)C(=O)N[C@@H](CO)C(=O)N[C@@H](C)C(=O)N[C@H](Cc1ccccc1)C(N)=O. The van der Waals surface area contributed by atoms with E-state index in [9.17, 15) is 29.1 Å². The molecular weight excluding hydrogens is 688 g/mol. The molecule has 0 saturated carbocycles. The third-order valence-corrected chi connectivity index (χ3v) is 9.47. The van der Waals surface area contributed by atoms with Crippen LogP contribution in [0.15, 0.2) is 84.9 Å². The van der Waals surface area contributed by atoms with Crippen molar-refractivity contribution in [1.29, 1.82) is 0 Å². The zero-order valence-corrected chi connectivity index (χ0v) is 31.3. The molecule has 290 valence electrons. The van der Waals surface area contributed by atoms with Gasteiger partial charge in [-0.05, 0) is 48.4 Å². The van der Waals surface area contributed by atoms with E-state index in [2.05, 4.69) is 44.4 Å². The van der Waals surface area contributed by atoms with Gasteiger partial charge < -0.3 is 41.7 Å². The Hall–Kier alpha value is -5.27. The van der Waals surface area contributed by atoms with Gasteiger partial charge in [-0.3, -0.25) is 24.0 Å². The van der Waals surface area contributed by atoms with Crippen molar-refractivity contribution in [3.63, 3.8) is 0 Å². The number of benzene rings is 3. The van der Waals surface area contributed by atoms with Crippen molar-refractivity contribution in [3.8, 4) is 5.75 Å². The van der Waals surface area contributed by atoms with Crippen LogP contribution >= 0.6 is 0 Å². The lowest BCUT2D eigenvalue weighted by Gasteiger charge is -2.32. The number of hydrogen-bond donors (Lipinski definition) is 6. The topological polar surface area (TPSA) is 192 Å². The number of rotatable bonds is 19. The Kier molecular flexibility index (Phi) is 16.0. The van der Waals surface area contributed by atoms with Gasteiger partial charge in [0.15, 0.2) is 0 Å². The molecule has 13 heteroatoms. The molecular formula is C41H54N6O7. The molecule has 5 amide bonds. The molecule has 0 aromatic heterocycles. The van der Waals surface area contributed by atoms with E-state index in [0.717, 1.165) is 49.2 Å². The minimum Gasteiger partial charge on any atom is -0.490 e. The Labute approximate surface area is 317 Å². The molecule has 1 fully saturated rings. The molecule has 0 radical (unpaired) electrons. The smallest absolute Gasteiger partial charge is 0.245 e. The number of piperidine rings is 1. The fraction of sp³-hybridized carbons (Fsp3) is 0.439. The van der Waals surface area contributed by atoms with Crippen molar-refractivity contribution >= 4 is 29.5 Å². The first-order valence-electron chi connectivity index (χ1n) is 18.6. The number of aliphatic hydroxyl groups excluding tert-OH is 1. The number of likely N-dealkylation sites (tertiary alicyclic amines) is 1. The van der Waals surface area contributed by atoms with Crippen LogP contribution in [0.4, 0.5) is 0 Å². The summed E-state index contributed by atoms with van der Waals surface area (Å²) in [7, 11) is 0. The number of aliphatic hydroxyl groups is 1. The monoisotopic (exact) mass is 742 g/mol. The van der Waals surface area contributed by atoms with E-state index in [1.807, 2.05) is 42.5 Å².